The highest BCUT2D eigenvalue weighted by Gasteiger charge is 2.12. The molecule has 90 valence electrons. The van der Waals surface area contributed by atoms with Crippen LogP contribution in [-0.4, -0.2) is 24.2 Å². The predicted octanol–water partition coefficient (Wildman–Crippen LogP) is 2.53. The van der Waals surface area contributed by atoms with E-state index in [0.29, 0.717) is 12.7 Å². The minimum atomic E-state index is 0. The van der Waals surface area contributed by atoms with E-state index in [1.54, 1.807) is 0 Å². The minimum absolute atomic E-state index is 0. The monoisotopic (exact) mass is 306 g/mol. The maximum Gasteiger partial charge on any atom is 0.106 e. The number of nitrogens with zero attached hydrogens (tertiary/aromatic N) is 1. The molecular weight excluding hydrogens is 291 g/mol. The summed E-state index contributed by atoms with van der Waals surface area (Å²) < 4.78 is 6.66. The van der Waals surface area contributed by atoms with Crippen molar-refractivity contribution in [1.82, 2.24) is 10.3 Å². The number of hydrogen-bond acceptors (Lipinski definition) is 3. The van der Waals surface area contributed by atoms with Gasteiger partial charge in [0.2, 0.25) is 0 Å². The first kappa shape index (κ1) is 13.9. The van der Waals surface area contributed by atoms with Gasteiger partial charge in [0.25, 0.3) is 0 Å². The van der Waals surface area contributed by atoms with Crippen LogP contribution in [0.2, 0.25) is 0 Å². The van der Waals surface area contributed by atoms with Gasteiger partial charge >= 0.3 is 0 Å². The van der Waals surface area contributed by atoms with E-state index < -0.39 is 0 Å². The molecule has 0 spiro atoms. The van der Waals surface area contributed by atoms with E-state index in [1.807, 2.05) is 18.3 Å². The van der Waals surface area contributed by atoms with Crippen LogP contribution in [0.4, 0.5) is 0 Å². The fourth-order valence-electron chi connectivity index (χ4n) is 1.67. The zero-order valence-electron chi connectivity index (χ0n) is 8.99. The van der Waals surface area contributed by atoms with E-state index in [4.69, 9.17) is 4.74 Å². The average Bonchev–Trinajstić information content (AvgIpc) is 2.30. The molecular formula is C11H16BrClN2O. The van der Waals surface area contributed by atoms with E-state index in [-0.39, 0.29) is 12.4 Å². The lowest BCUT2D eigenvalue weighted by Crippen LogP contribution is -2.35. The lowest BCUT2D eigenvalue weighted by molar-refractivity contribution is 0.0251. The van der Waals surface area contributed by atoms with Crippen molar-refractivity contribution >= 4 is 28.3 Å². The third kappa shape index (κ3) is 4.37. The maximum absolute atomic E-state index is 5.79. The van der Waals surface area contributed by atoms with Gasteiger partial charge in [0.1, 0.15) is 4.60 Å². The molecule has 16 heavy (non-hydrogen) atoms. The molecule has 1 N–H and O–H groups in total. The van der Waals surface area contributed by atoms with Crippen molar-refractivity contribution in [2.24, 2.45) is 0 Å². The molecule has 1 aromatic heterocycles. The Balaban J connectivity index is 0.00000128. The molecule has 1 saturated heterocycles. The van der Waals surface area contributed by atoms with Gasteiger partial charge in [0.15, 0.2) is 0 Å². The Labute approximate surface area is 111 Å². The van der Waals surface area contributed by atoms with Gasteiger partial charge in [0.05, 0.1) is 12.7 Å². The molecule has 5 heteroatoms. The van der Waals surface area contributed by atoms with Crippen LogP contribution in [0.1, 0.15) is 18.4 Å². The summed E-state index contributed by atoms with van der Waals surface area (Å²) in [6, 6.07) is 3.98. The van der Waals surface area contributed by atoms with Gasteiger partial charge in [0, 0.05) is 12.7 Å². The third-order valence-corrected chi connectivity index (χ3v) is 3.00. The van der Waals surface area contributed by atoms with Gasteiger partial charge in [-0.2, -0.15) is 0 Å². The molecule has 0 amide bonds. The second-order valence-electron chi connectivity index (χ2n) is 3.77. The Bertz CT molecular complexity index is 301. The van der Waals surface area contributed by atoms with Crippen LogP contribution in [0.15, 0.2) is 22.9 Å². The van der Waals surface area contributed by atoms with E-state index in [9.17, 15) is 0 Å². The van der Waals surface area contributed by atoms with E-state index >= 15 is 0 Å². The number of hydrogen-bond donors (Lipinski definition) is 1. The Morgan fingerprint density at radius 2 is 2.38 bits per heavy atom. The molecule has 0 radical (unpaired) electrons. The summed E-state index contributed by atoms with van der Waals surface area (Å²) >= 11 is 3.31. The number of nitrogens with one attached hydrogen (secondary N) is 1. The number of aromatic nitrogens is 1. The second kappa shape index (κ2) is 7.22. The highest BCUT2D eigenvalue weighted by Crippen LogP contribution is 2.11. The maximum atomic E-state index is 5.79. The number of pyridine rings is 1. The molecule has 0 bridgehead atoms. The summed E-state index contributed by atoms with van der Waals surface area (Å²) in [6.07, 6.45) is 4.59. The van der Waals surface area contributed by atoms with Crippen molar-refractivity contribution in [2.45, 2.75) is 25.6 Å². The minimum Gasteiger partial charge on any atom is -0.372 e. The highest BCUT2D eigenvalue weighted by molar-refractivity contribution is 9.10. The topological polar surface area (TPSA) is 34.1 Å². The van der Waals surface area contributed by atoms with Crippen molar-refractivity contribution < 1.29 is 4.74 Å². The molecule has 1 aliphatic rings. The summed E-state index contributed by atoms with van der Waals surface area (Å²) in [4.78, 5) is 4.16. The van der Waals surface area contributed by atoms with Crippen molar-refractivity contribution in [1.29, 1.82) is 0 Å². The molecule has 1 unspecified atom stereocenters. The molecule has 1 fully saturated rings. The lowest BCUT2D eigenvalue weighted by atomic mass is 10.1. The predicted molar refractivity (Wildman–Crippen MR) is 69.9 cm³/mol. The summed E-state index contributed by atoms with van der Waals surface area (Å²) in [5, 5.41) is 3.33. The molecule has 1 aromatic rings. The van der Waals surface area contributed by atoms with Crippen LogP contribution >= 0.6 is 28.3 Å². The van der Waals surface area contributed by atoms with E-state index in [0.717, 1.165) is 29.7 Å². The summed E-state index contributed by atoms with van der Waals surface area (Å²) in [7, 11) is 0. The van der Waals surface area contributed by atoms with Crippen LogP contribution < -0.4 is 5.32 Å². The molecule has 1 aliphatic heterocycles. The quantitative estimate of drug-likeness (QED) is 0.872. The van der Waals surface area contributed by atoms with Crippen molar-refractivity contribution in [3.05, 3.63) is 28.5 Å². The molecule has 0 aliphatic carbocycles. The summed E-state index contributed by atoms with van der Waals surface area (Å²) in [5.41, 5.74) is 1.13. The molecule has 1 atom stereocenters. The summed E-state index contributed by atoms with van der Waals surface area (Å²) in [6.45, 7) is 2.76. The van der Waals surface area contributed by atoms with E-state index in [1.165, 1.54) is 6.42 Å². The first-order valence-corrected chi connectivity index (χ1v) is 6.06. The molecule has 2 rings (SSSR count). The van der Waals surface area contributed by atoms with Crippen LogP contribution in [-0.2, 0) is 11.3 Å². The van der Waals surface area contributed by atoms with Gasteiger partial charge in [-0.05, 0) is 46.9 Å². The van der Waals surface area contributed by atoms with Crippen molar-refractivity contribution in [3.8, 4) is 0 Å². The normalized spacial score (nSPS) is 20.2. The second-order valence-corrected chi connectivity index (χ2v) is 4.58. The first-order chi connectivity index (χ1) is 7.34. The zero-order chi connectivity index (χ0) is 10.5. The largest absolute Gasteiger partial charge is 0.372 e. The van der Waals surface area contributed by atoms with Gasteiger partial charge in [-0.15, -0.1) is 12.4 Å². The summed E-state index contributed by atoms with van der Waals surface area (Å²) in [5.74, 6) is 0. The Hall–Kier alpha value is -0.160. The lowest BCUT2D eigenvalue weighted by Gasteiger charge is -2.22. The van der Waals surface area contributed by atoms with Gasteiger partial charge < -0.3 is 10.1 Å². The SMILES string of the molecule is Brc1ccc(COC2CCCNC2)cn1.Cl. The molecule has 0 aromatic carbocycles. The average molecular weight is 308 g/mol. The van der Waals surface area contributed by atoms with Gasteiger partial charge in [-0.3, -0.25) is 0 Å². The number of halogens is 2. The van der Waals surface area contributed by atoms with Crippen LogP contribution in [0.5, 0.6) is 0 Å². The van der Waals surface area contributed by atoms with Crippen LogP contribution in [0, 0.1) is 0 Å². The molecule has 3 nitrogen and oxygen atoms in total. The van der Waals surface area contributed by atoms with Crippen LogP contribution in [0.3, 0.4) is 0 Å². The Kier molecular flexibility index (Phi) is 6.28. The van der Waals surface area contributed by atoms with E-state index in [2.05, 4.69) is 26.2 Å². The number of piperidine rings is 1. The molecule has 2 heterocycles. The first-order valence-electron chi connectivity index (χ1n) is 5.27. The highest BCUT2D eigenvalue weighted by atomic mass is 79.9. The smallest absolute Gasteiger partial charge is 0.106 e. The standard InChI is InChI=1S/C11H15BrN2O.ClH/c12-11-4-3-9(6-14-11)8-15-10-2-1-5-13-7-10;/h3-4,6,10,13H,1-2,5,7-8H2;1H. The van der Waals surface area contributed by atoms with Gasteiger partial charge in [-0.1, -0.05) is 6.07 Å². The van der Waals surface area contributed by atoms with Crippen molar-refractivity contribution in [3.63, 3.8) is 0 Å². The van der Waals surface area contributed by atoms with Crippen molar-refractivity contribution in [2.75, 3.05) is 13.1 Å². The Morgan fingerprint density at radius 1 is 1.50 bits per heavy atom. The number of ether oxygens (including phenoxy) is 1. The fourth-order valence-corrected chi connectivity index (χ4v) is 1.90. The van der Waals surface area contributed by atoms with Gasteiger partial charge in [-0.25, -0.2) is 4.98 Å². The number of rotatable bonds is 3. The Morgan fingerprint density at radius 3 is 3.00 bits per heavy atom. The van der Waals surface area contributed by atoms with Crippen LogP contribution in [0.25, 0.3) is 0 Å². The molecule has 0 saturated carbocycles. The fraction of sp³-hybridized carbons (Fsp3) is 0.545. The zero-order valence-corrected chi connectivity index (χ0v) is 11.4. The third-order valence-electron chi connectivity index (χ3n) is 2.53.